The molecule has 1 aliphatic carbocycles. The Morgan fingerprint density at radius 2 is 1.97 bits per heavy atom. The molecular formula is C19H18BrF5N6O3S. The molecular weight excluding hydrogens is 567 g/mol. The van der Waals surface area contributed by atoms with Crippen LogP contribution in [-0.2, 0) is 4.79 Å². The number of carboxylic acids is 1. The van der Waals surface area contributed by atoms with Crippen LogP contribution in [0.15, 0.2) is 33.6 Å². The van der Waals surface area contributed by atoms with Gasteiger partial charge >= 0.3 is 12.1 Å². The first kappa shape index (κ1) is 26.7. The molecule has 3 heterocycles. The van der Waals surface area contributed by atoms with Gasteiger partial charge in [0.15, 0.2) is 0 Å². The molecule has 0 spiro atoms. The zero-order valence-corrected chi connectivity index (χ0v) is 19.9. The summed E-state index contributed by atoms with van der Waals surface area (Å²) in [6.07, 6.45) is -2.90. The van der Waals surface area contributed by atoms with Gasteiger partial charge in [-0.2, -0.15) is 13.2 Å². The molecule has 190 valence electrons. The van der Waals surface area contributed by atoms with Crippen molar-refractivity contribution in [3.8, 4) is 0 Å². The molecule has 0 aliphatic heterocycles. The van der Waals surface area contributed by atoms with Crippen molar-refractivity contribution >= 4 is 56.3 Å². The highest BCUT2D eigenvalue weighted by atomic mass is 79.9. The number of nitrogens with zero attached hydrogens (tertiary/aromatic N) is 3. The van der Waals surface area contributed by atoms with Gasteiger partial charge in [-0.25, -0.2) is 23.1 Å². The molecule has 0 bridgehead atoms. The van der Waals surface area contributed by atoms with Crippen LogP contribution < -0.4 is 16.4 Å². The van der Waals surface area contributed by atoms with Crippen molar-refractivity contribution in [2.45, 2.75) is 43.4 Å². The Morgan fingerprint density at radius 1 is 1.29 bits per heavy atom. The van der Waals surface area contributed by atoms with Gasteiger partial charge in [0.1, 0.15) is 5.69 Å². The van der Waals surface area contributed by atoms with E-state index in [0.29, 0.717) is 29.7 Å². The van der Waals surface area contributed by atoms with Crippen molar-refractivity contribution in [2.75, 3.05) is 10.6 Å². The standard InChI is InChI=1S/C17H17BrF2N6OS.C2HF3O2/c18-14-11(5-7-28-14)23-15(27)12-4-3-9-8-22-16(25-26(9)12)24-10-2-1-6-17(19,20)13(10)21;3-2(4,5)1(6)7/h3-5,7-8,10,13H,1-2,6,21H2,(H,23,27)(H,24,25);(H,6,7)/t10-,13-;/m1./s1. The number of amides is 1. The second-order valence-electron chi connectivity index (χ2n) is 7.43. The van der Waals surface area contributed by atoms with E-state index in [2.05, 4.69) is 36.6 Å². The number of thiophene rings is 1. The molecule has 35 heavy (non-hydrogen) atoms. The predicted molar refractivity (Wildman–Crippen MR) is 121 cm³/mol. The van der Waals surface area contributed by atoms with Gasteiger partial charge in [-0.1, -0.05) is 0 Å². The van der Waals surface area contributed by atoms with E-state index < -0.39 is 30.2 Å². The highest BCUT2D eigenvalue weighted by Crippen LogP contribution is 2.33. The van der Waals surface area contributed by atoms with Crippen LogP contribution in [0.5, 0.6) is 0 Å². The first-order valence-corrected chi connectivity index (χ1v) is 11.6. The van der Waals surface area contributed by atoms with E-state index in [-0.39, 0.29) is 18.3 Å². The third-order valence-electron chi connectivity index (χ3n) is 5.00. The Hall–Kier alpha value is -2.85. The van der Waals surface area contributed by atoms with Gasteiger partial charge in [-0.15, -0.1) is 16.4 Å². The lowest BCUT2D eigenvalue weighted by molar-refractivity contribution is -0.192. The molecule has 3 aromatic heterocycles. The first-order chi connectivity index (χ1) is 16.3. The molecule has 3 aromatic rings. The van der Waals surface area contributed by atoms with Crippen molar-refractivity contribution in [3.63, 3.8) is 0 Å². The number of aliphatic carboxylic acids is 1. The molecule has 0 aromatic carbocycles. The molecule has 1 fully saturated rings. The normalized spacial score (nSPS) is 19.5. The molecule has 1 saturated carbocycles. The predicted octanol–water partition coefficient (Wildman–Crippen LogP) is 4.37. The molecule has 4 rings (SSSR count). The molecule has 1 amide bonds. The van der Waals surface area contributed by atoms with Gasteiger partial charge in [0.2, 0.25) is 5.95 Å². The fourth-order valence-corrected chi connectivity index (χ4v) is 4.36. The maximum absolute atomic E-state index is 13.9. The maximum atomic E-state index is 13.9. The average molecular weight is 585 g/mol. The van der Waals surface area contributed by atoms with Gasteiger partial charge in [0, 0.05) is 6.42 Å². The fraction of sp³-hybridized carbons (Fsp3) is 0.368. The lowest BCUT2D eigenvalue weighted by atomic mass is 9.87. The van der Waals surface area contributed by atoms with Crippen molar-refractivity contribution < 1.29 is 36.6 Å². The summed E-state index contributed by atoms with van der Waals surface area (Å²) in [6.45, 7) is 0. The lowest BCUT2D eigenvalue weighted by Gasteiger charge is -2.35. The molecule has 0 saturated heterocycles. The average Bonchev–Trinajstić information content (AvgIpc) is 3.37. The minimum absolute atomic E-state index is 0.146. The number of hydrogen-bond donors (Lipinski definition) is 4. The van der Waals surface area contributed by atoms with Crippen LogP contribution >= 0.6 is 27.3 Å². The van der Waals surface area contributed by atoms with Crippen LogP contribution in [-0.4, -0.2) is 55.8 Å². The minimum atomic E-state index is -5.08. The van der Waals surface area contributed by atoms with E-state index in [1.807, 2.05) is 5.38 Å². The monoisotopic (exact) mass is 584 g/mol. The SMILES string of the molecule is N[C@@H]1[C@H](Nc2ncc3ccc(C(=O)Nc4ccsc4Br)n3n2)CCCC1(F)F.O=C(O)C(F)(F)F. The van der Waals surface area contributed by atoms with Crippen molar-refractivity contribution in [2.24, 2.45) is 5.73 Å². The van der Waals surface area contributed by atoms with Crippen LogP contribution in [0.4, 0.5) is 33.6 Å². The van der Waals surface area contributed by atoms with Crippen LogP contribution in [0.1, 0.15) is 29.8 Å². The number of anilines is 2. The number of fused-ring (bicyclic) bond motifs is 1. The van der Waals surface area contributed by atoms with Gasteiger partial charge in [0.05, 0.1) is 33.3 Å². The summed E-state index contributed by atoms with van der Waals surface area (Å²) in [6, 6.07) is 3.17. The lowest BCUT2D eigenvalue weighted by Crippen LogP contribution is -2.55. The van der Waals surface area contributed by atoms with Crippen LogP contribution in [0.25, 0.3) is 5.52 Å². The van der Waals surface area contributed by atoms with E-state index in [4.69, 9.17) is 15.6 Å². The number of carboxylic acid groups (broad SMARTS) is 1. The Bertz CT molecular complexity index is 1220. The number of alkyl halides is 5. The third kappa shape index (κ3) is 6.43. The topological polar surface area (TPSA) is 135 Å². The number of nitrogens with one attached hydrogen (secondary N) is 2. The van der Waals surface area contributed by atoms with Crippen LogP contribution in [0.3, 0.4) is 0 Å². The Kier molecular flexibility index (Phi) is 7.96. The third-order valence-corrected chi connectivity index (χ3v) is 6.69. The molecule has 9 nitrogen and oxygen atoms in total. The zero-order valence-electron chi connectivity index (χ0n) is 17.5. The van der Waals surface area contributed by atoms with Gasteiger partial charge in [-0.05, 0) is 52.4 Å². The summed E-state index contributed by atoms with van der Waals surface area (Å²) in [5.74, 6) is -5.88. The van der Waals surface area contributed by atoms with Gasteiger partial charge < -0.3 is 21.5 Å². The second kappa shape index (κ2) is 10.4. The summed E-state index contributed by atoms with van der Waals surface area (Å²) in [5, 5.41) is 19.0. The fourth-order valence-electron chi connectivity index (χ4n) is 3.23. The quantitative estimate of drug-likeness (QED) is 0.334. The molecule has 16 heteroatoms. The van der Waals surface area contributed by atoms with E-state index in [1.165, 1.54) is 22.0 Å². The highest BCUT2D eigenvalue weighted by Gasteiger charge is 2.45. The zero-order chi connectivity index (χ0) is 26.0. The van der Waals surface area contributed by atoms with Gasteiger partial charge in [-0.3, -0.25) is 4.79 Å². The summed E-state index contributed by atoms with van der Waals surface area (Å²) in [4.78, 5) is 25.7. The number of carbonyl (C=O) groups is 2. The van der Waals surface area contributed by atoms with Crippen molar-refractivity contribution in [3.05, 3.63) is 39.3 Å². The Morgan fingerprint density at radius 3 is 2.57 bits per heavy atom. The Labute approximate surface area is 206 Å². The van der Waals surface area contributed by atoms with Crippen LogP contribution in [0.2, 0.25) is 0 Å². The number of halogens is 6. The number of nitrogens with two attached hydrogens (primary N) is 1. The summed E-state index contributed by atoms with van der Waals surface area (Å²) >= 11 is 4.83. The molecule has 1 aliphatic rings. The minimum Gasteiger partial charge on any atom is -0.475 e. The second-order valence-corrected chi connectivity index (χ2v) is 9.67. The number of aromatic nitrogens is 3. The first-order valence-electron chi connectivity index (χ1n) is 9.89. The number of carbonyl (C=O) groups excluding carboxylic acids is 1. The Balaban J connectivity index is 0.000000429. The van der Waals surface area contributed by atoms with Crippen molar-refractivity contribution in [1.82, 2.24) is 14.6 Å². The van der Waals surface area contributed by atoms with Crippen molar-refractivity contribution in [1.29, 1.82) is 0 Å². The number of hydrogen-bond acceptors (Lipinski definition) is 7. The van der Waals surface area contributed by atoms with E-state index in [0.717, 1.165) is 3.79 Å². The molecule has 0 unspecified atom stereocenters. The summed E-state index contributed by atoms with van der Waals surface area (Å²) in [5.41, 5.74) is 7.29. The van der Waals surface area contributed by atoms with E-state index in [1.54, 1.807) is 18.2 Å². The smallest absolute Gasteiger partial charge is 0.475 e. The van der Waals surface area contributed by atoms with E-state index >= 15 is 0 Å². The maximum Gasteiger partial charge on any atom is 0.490 e. The highest BCUT2D eigenvalue weighted by molar-refractivity contribution is 9.11. The molecule has 5 N–H and O–H groups in total. The number of rotatable bonds is 4. The summed E-state index contributed by atoms with van der Waals surface area (Å²) < 4.78 is 61.7. The largest absolute Gasteiger partial charge is 0.490 e. The van der Waals surface area contributed by atoms with Crippen LogP contribution in [0, 0.1) is 0 Å². The molecule has 0 radical (unpaired) electrons. The summed E-state index contributed by atoms with van der Waals surface area (Å²) in [7, 11) is 0. The van der Waals surface area contributed by atoms with Gasteiger partial charge in [0.25, 0.3) is 11.8 Å². The van der Waals surface area contributed by atoms with E-state index in [9.17, 15) is 26.7 Å². The molecule has 2 atom stereocenters.